The number of anilines is 3. The van der Waals surface area contributed by atoms with Gasteiger partial charge < -0.3 is 15.5 Å². The Balaban J connectivity index is 1.45. The average molecular weight is 447 g/mol. The summed E-state index contributed by atoms with van der Waals surface area (Å²) in [5.41, 5.74) is 2.34. The van der Waals surface area contributed by atoms with Crippen LogP contribution >= 0.6 is 11.3 Å². The van der Waals surface area contributed by atoms with E-state index in [4.69, 9.17) is 10.2 Å². The zero-order valence-electron chi connectivity index (χ0n) is 18.0. The van der Waals surface area contributed by atoms with Crippen molar-refractivity contribution in [2.24, 2.45) is 0 Å². The highest BCUT2D eigenvalue weighted by Crippen LogP contribution is 2.23. The second-order valence-electron chi connectivity index (χ2n) is 7.86. The topological polar surface area (TPSA) is 93.9 Å². The summed E-state index contributed by atoms with van der Waals surface area (Å²) in [5.74, 6) is 1.44. The van der Waals surface area contributed by atoms with Crippen LogP contribution < -0.4 is 15.5 Å². The summed E-state index contributed by atoms with van der Waals surface area (Å²) in [6.07, 6.45) is 3.16. The van der Waals surface area contributed by atoms with Gasteiger partial charge in [0.1, 0.15) is 5.82 Å². The predicted octanol–water partition coefficient (Wildman–Crippen LogP) is 4.04. The number of hydrogen-bond acceptors (Lipinski definition) is 7. The van der Waals surface area contributed by atoms with Crippen LogP contribution in [-0.2, 0) is 17.6 Å². The van der Waals surface area contributed by atoms with Gasteiger partial charge >= 0.3 is 0 Å². The third-order valence-corrected chi connectivity index (χ3v) is 6.19. The molecule has 1 amide bonds. The van der Waals surface area contributed by atoms with Crippen molar-refractivity contribution in [1.82, 2.24) is 15.3 Å². The average Bonchev–Trinajstić information content (AvgIpc) is 3.46. The van der Waals surface area contributed by atoms with Gasteiger partial charge in [0.15, 0.2) is 0 Å². The Bertz CT molecular complexity index is 1110. The molecule has 3 heterocycles. The molecular formula is C24H26N6OS. The number of nitrogens with one attached hydrogen (secondary N) is 2. The van der Waals surface area contributed by atoms with Gasteiger partial charge in [-0.1, -0.05) is 25.5 Å². The SMILES string of the molecule is CCCc1cc(N2CC[C@H](NC(=O)Cc3cccs3)C2)nc(Nc2cccc(C#N)c2)n1. The molecule has 0 aliphatic carbocycles. The summed E-state index contributed by atoms with van der Waals surface area (Å²) in [6, 6.07) is 15.5. The van der Waals surface area contributed by atoms with Gasteiger partial charge in [-0.25, -0.2) is 4.98 Å². The smallest absolute Gasteiger partial charge is 0.229 e. The molecule has 2 aromatic heterocycles. The Morgan fingerprint density at radius 2 is 2.19 bits per heavy atom. The van der Waals surface area contributed by atoms with Crippen LogP contribution in [0.3, 0.4) is 0 Å². The number of carbonyl (C=O) groups is 1. The molecular weight excluding hydrogens is 420 g/mol. The quantitative estimate of drug-likeness (QED) is 0.542. The van der Waals surface area contributed by atoms with Crippen LogP contribution in [-0.4, -0.2) is 35.0 Å². The van der Waals surface area contributed by atoms with Crippen LogP contribution in [0.15, 0.2) is 47.8 Å². The molecule has 1 aliphatic heterocycles. The molecule has 3 aromatic rings. The fourth-order valence-corrected chi connectivity index (χ4v) is 4.52. The summed E-state index contributed by atoms with van der Waals surface area (Å²) in [4.78, 5) is 25.0. The van der Waals surface area contributed by atoms with Crippen LogP contribution in [0.2, 0.25) is 0 Å². The molecule has 1 aliphatic rings. The monoisotopic (exact) mass is 446 g/mol. The minimum absolute atomic E-state index is 0.0633. The minimum atomic E-state index is 0.0633. The lowest BCUT2D eigenvalue weighted by Crippen LogP contribution is -2.38. The molecule has 4 rings (SSSR count). The van der Waals surface area contributed by atoms with Crippen molar-refractivity contribution in [2.75, 3.05) is 23.3 Å². The molecule has 164 valence electrons. The zero-order chi connectivity index (χ0) is 22.3. The Morgan fingerprint density at radius 1 is 1.28 bits per heavy atom. The summed E-state index contributed by atoms with van der Waals surface area (Å²) in [5, 5.41) is 17.5. The first kappa shape index (κ1) is 21.8. The van der Waals surface area contributed by atoms with Gasteiger partial charge in [0, 0.05) is 41.5 Å². The van der Waals surface area contributed by atoms with E-state index in [1.807, 2.05) is 35.7 Å². The first-order chi connectivity index (χ1) is 15.6. The van der Waals surface area contributed by atoms with Gasteiger partial charge in [-0.05, 0) is 42.5 Å². The molecule has 1 saturated heterocycles. The number of aromatic nitrogens is 2. The highest BCUT2D eigenvalue weighted by molar-refractivity contribution is 7.10. The Kier molecular flexibility index (Phi) is 6.97. The van der Waals surface area contributed by atoms with Crippen molar-refractivity contribution < 1.29 is 4.79 Å². The molecule has 0 bridgehead atoms. The van der Waals surface area contributed by atoms with Crippen LogP contribution in [0.4, 0.5) is 17.5 Å². The van der Waals surface area contributed by atoms with Gasteiger partial charge in [-0.2, -0.15) is 10.2 Å². The Morgan fingerprint density at radius 3 is 2.97 bits per heavy atom. The van der Waals surface area contributed by atoms with Crippen molar-refractivity contribution in [3.8, 4) is 6.07 Å². The number of aryl methyl sites for hydroxylation is 1. The van der Waals surface area contributed by atoms with Crippen LogP contribution in [0.5, 0.6) is 0 Å². The van der Waals surface area contributed by atoms with Crippen LogP contribution in [0.1, 0.15) is 35.9 Å². The van der Waals surface area contributed by atoms with E-state index < -0.39 is 0 Å². The number of nitriles is 1. The summed E-state index contributed by atoms with van der Waals surface area (Å²) >= 11 is 1.60. The highest BCUT2D eigenvalue weighted by Gasteiger charge is 2.25. The lowest BCUT2D eigenvalue weighted by Gasteiger charge is -2.20. The van der Waals surface area contributed by atoms with E-state index >= 15 is 0 Å². The summed E-state index contributed by atoms with van der Waals surface area (Å²) in [7, 11) is 0. The number of hydrogen-bond donors (Lipinski definition) is 2. The molecule has 1 aromatic carbocycles. The number of carbonyl (C=O) groups excluding carboxylic acids is 1. The van der Waals surface area contributed by atoms with E-state index in [9.17, 15) is 4.79 Å². The van der Waals surface area contributed by atoms with Gasteiger partial charge in [-0.3, -0.25) is 4.79 Å². The molecule has 32 heavy (non-hydrogen) atoms. The number of nitrogens with zero attached hydrogens (tertiary/aromatic N) is 4. The lowest BCUT2D eigenvalue weighted by atomic mass is 10.2. The standard InChI is InChI=1S/C24H26N6OS/c1-2-5-18-13-22(29-24(27-18)28-19-7-3-6-17(12-19)15-25)30-10-9-20(16-30)26-23(31)14-21-8-4-11-32-21/h3-4,6-8,11-13,20H,2,5,9-10,14,16H2,1H3,(H,26,31)(H,27,28,29)/t20-/m0/s1. The van der Waals surface area contributed by atoms with Gasteiger partial charge in [0.25, 0.3) is 0 Å². The van der Waals surface area contributed by atoms with Gasteiger partial charge in [0.05, 0.1) is 18.1 Å². The third-order valence-electron chi connectivity index (χ3n) is 5.31. The molecule has 0 spiro atoms. The maximum atomic E-state index is 12.4. The van der Waals surface area contributed by atoms with Gasteiger partial charge in [0.2, 0.25) is 11.9 Å². The lowest BCUT2D eigenvalue weighted by molar-refractivity contribution is -0.120. The highest BCUT2D eigenvalue weighted by atomic mass is 32.1. The summed E-state index contributed by atoms with van der Waals surface area (Å²) < 4.78 is 0. The Labute approximate surface area is 192 Å². The minimum Gasteiger partial charge on any atom is -0.354 e. The predicted molar refractivity (Wildman–Crippen MR) is 127 cm³/mol. The normalized spacial score (nSPS) is 15.4. The summed E-state index contributed by atoms with van der Waals surface area (Å²) in [6.45, 7) is 3.68. The number of amides is 1. The molecule has 0 radical (unpaired) electrons. The molecule has 1 atom stereocenters. The Hall–Kier alpha value is -3.44. The molecule has 2 N–H and O–H groups in total. The fourth-order valence-electron chi connectivity index (χ4n) is 3.82. The molecule has 7 nitrogen and oxygen atoms in total. The van der Waals surface area contributed by atoms with E-state index in [2.05, 4.69) is 33.5 Å². The van der Waals surface area contributed by atoms with E-state index in [0.717, 1.165) is 54.4 Å². The largest absolute Gasteiger partial charge is 0.354 e. The first-order valence-electron chi connectivity index (χ1n) is 10.8. The van der Waals surface area contributed by atoms with Crippen molar-refractivity contribution in [3.05, 3.63) is 64.0 Å². The molecule has 1 fully saturated rings. The number of benzene rings is 1. The number of rotatable bonds is 8. The van der Waals surface area contributed by atoms with Crippen molar-refractivity contribution in [2.45, 2.75) is 38.6 Å². The van der Waals surface area contributed by atoms with Crippen molar-refractivity contribution in [3.63, 3.8) is 0 Å². The zero-order valence-corrected chi connectivity index (χ0v) is 18.9. The molecule has 0 saturated carbocycles. The second kappa shape index (κ2) is 10.2. The molecule has 0 unspecified atom stereocenters. The fraction of sp³-hybridized carbons (Fsp3) is 0.333. The van der Waals surface area contributed by atoms with Crippen molar-refractivity contribution in [1.29, 1.82) is 5.26 Å². The molecule has 8 heteroatoms. The van der Waals surface area contributed by atoms with Crippen LogP contribution in [0, 0.1) is 11.3 Å². The maximum Gasteiger partial charge on any atom is 0.229 e. The number of thiophene rings is 1. The van der Waals surface area contributed by atoms with E-state index in [1.54, 1.807) is 23.5 Å². The second-order valence-corrected chi connectivity index (χ2v) is 8.90. The maximum absolute atomic E-state index is 12.4. The first-order valence-corrected chi connectivity index (χ1v) is 11.7. The third kappa shape index (κ3) is 5.62. The van der Waals surface area contributed by atoms with Crippen molar-refractivity contribution >= 4 is 34.7 Å². The van der Waals surface area contributed by atoms with Crippen LogP contribution in [0.25, 0.3) is 0 Å². The van der Waals surface area contributed by atoms with E-state index in [-0.39, 0.29) is 11.9 Å². The van der Waals surface area contributed by atoms with E-state index in [0.29, 0.717) is 17.9 Å². The van der Waals surface area contributed by atoms with E-state index in [1.165, 1.54) is 0 Å². The van der Waals surface area contributed by atoms with Gasteiger partial charge in [-0.15, -0.1) is 11.3 Å².